The van der Waals surface area contributed by atoms with E-state index in [0.717, 1.165) is 25.7 Å². The van der Waals surface area contributed by atoms with E-state index in [-0.39, 0.29) is 31.0 Å². The third-order valence-electron chi connectivity index (χ3n) is 11.5. The molecule has 4 fully saturated rings. The van der Waals surface area contributed by atoms with Gasteiger partial charge in [-0.05, 0) is 65.8 Å². The first-order valence-corrected chi connectivity index (χ1v) is 19.9. The Labute approximate surface area is 300 Å². The van der Waals surface area contributed by atoms with E-state index in [4.69, 9.17) is 0 Å². The molecule has 51 heavy (non-hydrogen) atoms. The molecule has 0 bridgehead atoms. The zero-order chi connectivity index (χ0) is 36.3. The van der Waals surface area contributed by atoms with Gasteiger partial charge in [0, 0.05) is 37.6 Å². The molecule has 0 radical (unpaired) electrons. The summed E-state index contributed by atoms with van der Waals surface area (Å²) in [6.45, 7) is 11.0. The van der Waals surface area contributed by atoms with E-state index >= 15 is 0 Å². The lowest BCUT2D eigenvalue weighted by Gasteiger charge is -2.36. The van der Waals surface area contributed by atoms with Crippen LogP contribution in [-0.2, 0) is 37.5 Å². The van der Waals surface area contributed by atoms with Crippen LogP contribution in [0.1, 0.15) is 83.3 Å². The van der Waals surface area contributed by atoms with Crippen LogP contribution in [0, 0.1) is 11.3 Å². The normalized spacial score (nSPS) is 27.1. The molecule has 4 N–H and O–H groups in total. The fourth-order valence-electron chi connectivity index (χ4n) is 8.35. The molecule has 13 heteroatoms. The summed E-state index contributed by atoms with van der Waals surface area (Å²) in [5.41, 5.74) is 0.191. The summed E-state index contributed by atoms with van der Waals surface area (Å²) in [5.74, 6) is -2.15. The fraction of sp³-hybridized carbons (Fsp3) is 0.579. The fourth-order valence-corrected chi connectivity index (χ4v) is 9.71. The third kappa shape index (κ3) is 6.98. The van der Waals surface area contributed by atoms with E-state index in [0.29, 0.717) is 32.4 Å². The Morgan fingerprint density at radius 3 is 2.20 bits per heavy atom. The Kier molecular flexibility index (Phi) is 9.18. The number of carbonyl (C=O) groups is 4. The zero-order valence-corrected chi connectivity index (χ0v) is 30.6. The van der Waals surface area contributed by atoms with Gasteiger partial charge < -0.3 is 20.9 Å². The Morgan fingerprint density at radius 1 is 0.980 bits per heavy atom. The predicted octanol–water partition coefficient (Wildman–Crippen LogP) is 3.45. The highest BCUT2D eigenvalue weighted by atomic mass is 32.2. The van der Waals surface area contributed by atoms with E-state index in [1.807, 2.05) is 32.9 Å². The first-order chi connectivity index (χ1) is 24.2. The highest BCUT2D eigenvalue weighted by Gasteiger charge is 2.62. The summed E-state index contributed by atoms with van der Waals surface area (Å²) in [4.78, 5) is 59.7. The van der Waals surface area contributed by atoms with Gasteiger partial charge in [0.15, 0.2) is 0 Å². The van der Waals surface area contributed by atoms with E-state index < -0.39 is 62.1 Å². The maximum Gasteiger partial charge on any atom is 0.315 e. The maximum atomic E-state index is 14.7. The van der Waals surface area contributed by atoms with Crippen molar-refractivity contribution in [3.63, 3.8) is 0 Å². The number of nitrogens with one attached hydrogen (secondary N) is 4. The van der Waals surface area contributed by atoms with Crippen LogP contribution in [0.5, 0.6) is 0 Å². The Hall–Kier alpha value is -3.97. The van der Waals surface area contributed by atoms with Crippen LogP contribution >= 0.6 is 0 Å². The van der Waals surface area contributed by atoms with Crippen molar-refractivity contribution in [2.45, 2.75) is 120 Å². The summed E-state index contributed by atoms with van der Waals surface area (Å²) < 4.78 is 27.7. The molecule has 2 aromatic rings. The number of rotatable bonds is 10. The van der Waals surface area contributed by atoms with Crippen molar-refractivity contribution in [3.05, 3.63) is 60.2 Å². The number of carbonyl (C=O) groups excluding carboxylic acids is 4. The summed E-state index contributed by atoms with van der Waals surface area (Å²) in [6, 6.07) is 10.1. The topological polar surface area (TPSA) is 157 Å². The zero-order valence-electron chi connectivity index (χ0n) is 29.7. The first kappa shape index (κ1) is 35.4. The van der Waals surface area contributed by atoms with Gasteiger partial charge in [0.2, 0.25) is 21.8 Å². The van der Waals surface area contributed by atoms with Crippen molar-refractivity contribution in [1.82, 2.24) is 30.5 Å². The second-order valence-corrected chi connectivity index (χ2v) is 18.3. The Morgan fingerprint density at radius 2 is 1.63 bits per heavy atom. The van der Waals surface area contributed by atoms with Gasteiger partial charge in [0.25, 0.3) is 5.91 Å². The van der Waals surface area contributed by atoms with E-state index in [9.17, 15) is 27.6 Å². The number of sulfonamides is 1. The molecule has 5 amide bonds. The van der Waals surface area contributed by atoms with Crippen molar-refractivity contribution < 1.29 is 27.6 Å². The van der Waals surface area contributed by atoms with Crippen LogP contribution in [0.3, 0.4) is 0 Å². The number of benzene rings is 2. The molecular formula is C38H50N6O6S. The first-order valence-electron chi connectivity index (χ1n) is 18.3. The lowest BCUT2D eigenvalue weighted by Crippen LogP contribution is -2.61. The van der Waals surface area contributed by atoms with Gasteiger partial charge in [-0.3, -0.25) is 24.0 Å². The smallest absolute Gasteiger partial charge is 0.315 e. The Balaban J connectivity index is 1.16. The van der Waals surface area contributed by atoms with Gasteiger partial charge >= 0.3 is 6.03 Å². The number of hydrogen-bond acceptors (Lipinski definition) is 7. The van der Waals surface area contributed by atoms with Crippen molar-refractivity contribution in [2.24, 2.45) is 11.3 Å². The van der Waals surface area contributed by atoms with Crippen LogP contribution in [0.15, 0.2) is 49.1 Å². The van der Waals surface area contributed by atoms with Gasteiger partial charge in [-0.25, -0.2) is 13.2 Å². The molecule has 0 spiro atoms. The SMILES string of the molecule is C=C[C@@H]1C[C@]1(NC(=O)[C@@H]1C[C@@H](N2Cc3cccc4cccc(c34)C2)CN1C(=O)[C@@H](NC(=O)NC1CCCC1)C(C)(C)C)C(=O)NS(=O)(=O)C1CC1. The van der Waals surface area contributed by atoms with E-state index in [1.165, 1.54) is 21.9 Å². The van der Waals surface area contributed by atoms with Gasteiger partial charge in [0.1, 0.15) is 17.6 Å². The average molecular weight is 719 g/mol. The van der Waals surface area contributed by atoms with Crippen molar-refractivity contribution in [2.75, 3.05) is 6.54 Å². The summed E-state index contributed by atoms with van der Waals surface area (Å²) >= 11 is 0. The molecule has 0 aromatic heterocycles. The number of likely N-dealkylation sites (tertiary alicyclic amines) is 1. The summed E-state index contributed by atoms with van der Waals surface area (Å²) in [5, 5.41) is 10.7. The molecule has 274 valence electrons. The molecule has 7 rings (SSSR count). The van der Waals surface area contributed by atoms with E-state index in [1.54, 1.807) is 11.0 Å². The monoisotopic (exact) mass is 718 g/mol. The summed E-state index contributed by atoms with van der Waals surface area (Å²) in [7, 11) is -3.85. The van der Waals surface area contributed by atoms with Crippen molar-refractivity contribution in [1.29, 1.82) is 0 Å². The largest absolute Gasteiger partial charge is 0.339 e. The van der Waals surface area contributed by atoms with Gasteiger partial charge in [0.05, 0.1) is 5.25 Å². The molecule has 5 atom stereocenters. The van der Waals surface area contributed by atoms with Crippen LogP contribution in [0.4, 0.5) is 4.79 Å². The highest BCUT2D eigenvalue weighted by Crippen LogP contribution is 2.46. The second-order valence-electron chi connectivity index (χ2n) is 16.3. The molecule has 2 heterocycles. The van der Waals surface area contributed by atoms with Crippen molar-refractivity contribution >= 4 is 44.5 Å². The lowest BCUT2D eigenvalue weighted by atomic mass is 9.85. The molecule has 2 aliphatic heterocycles. The van der Waals surface area contributed by atoms with E-state index in [2.05, 4.69) is 56.4 Å². The highest BCUT2D eigenvalue weighted by molar-refractivity contribution is 7.91. The maximum absolute atomic E-state index is 14.7. The standard InChI is InChI=1S/C38H50N6O6S/c1-5-26-19-38(26,35(47)42-51(49,50)29-16-17-29)41-33(45)30-18-28(43-20-24-12-8-10-23-11-9-13-25(21-43)31(23)24)22-44(30)34(46)32(37(2,3)4)40-36(48)39-27-14-6-7-15-27/h5,8-13,26-30,32H,1,6-7,14-22H2,2-4H3,(H,41,45)(H,42,47)(H2,39,40,48)/t26-,28-,30+,32-,38-/m1/s1. The molecule has 12 nitrogen and oxygen atoms in total. The molecule has 2 aromatic carbocycles. The Bertz CT molecular complexity index is 1820. The minimum absolute atomic E-state index is 0.0595. The summed E-state index contributed by atoms with van der Waals surface area (Å²) in [6.07, 6.45) is 6.93. The van der Waals surface area contributed by atoms with Crippen LogP contribution in [0.25, 0.3) is 10.8 Å². The third-order valence-corrected chi connectivity index (χ3v) is 13.4. The second kappa shape index (κ2) is 13.2. The molecule has 3 saturated carbocycles. The molecule has 0 unspecified atom stereocenters. The number of urea groups is 1. The molecule has 3 aliphatic carbocycles. The van der Waals surface area contributed by atoms with Crippen LogP contribution in [0.2, 0.25) is 0 Å². The van der Waals surface area contributed by atoms with Crippen LogP contribution in [-0.4, -0.2) is 83.5 Å². The van der Waals surface area contributed by atoms with Gasteiger partial charge in [-0.15, -0.1) is 6.58 Å². The minimum Gasteiger partial charge on any atom is -0.339 e. The van der Waals surface area contributed by atoms with Gasteiger partial charge in [-0.1, -0.05) is 76.1 Å². The minimum atomic E-state index is -3.85. The average Bonchev–Trinajstić information content (AvgIpc) is 3.96. The van der Waals surface area contributed by atoms with Gasteiger partial charge in [-0.2, -0.15) is 0 Å². The predicted molar refractivity (Wildman–Crippen MR) is 194 cm³/mol. The molecule has 1 saturated heterocycles. The number of amides is 5. The van der Waals surface area contributed by atoms with Crippen LogP contribution < -0.4 is 20.7 Å². The number of nitrogens with zero attached hydrogens (tertiary/aromatic N) is 2. The number of hydrogen-bond donors (Lipinski definition) is 4. The molecule has 5 aliphatic rings. The lowest BCUT2D eigenvalue weighted by molar-refractivity contribution is -0.142. The van der Waals surface area contributed by atoms with Crippen molar-refractivity contribution in [3.8, 4) is 0 Å². The quantitative estimate of drug-likeness (QED) is 0.274. The molecular weight excluding hydrogens is 669 g/mol.